The van der Waals surface area contributed by atoms with Gasteiger partial charge < -0.3 is 8.98 Å². The first-order chi connectivity index (χ1) is 8.15. The van der Waals surface area contributed by atoms with E-state index in [4.69, 9.17) is 16.0 Å². The van der Waals surface area contributed by atoms with Gasteiger partial charge in [-0.2, -0.15) is 0 Å². The number of rotatable bonds is 1. The fourth-order valence-electron chi connectivity index (χ4n) is 2.42. The van der Waals surface area contributed by atoms with E-state index in [1.54, 1.807) is 0 Å². The largest absolute Gasteiger partial charge is 0.458 e. The molecule has 0 bridgehead atoms. The van der Waals surface area contributed by atoms with Crippen LogP contribution in [0.5, 0.6) is 0 Å². The van der Waals surface area contributed by atoms with Crippen LogP contribution in [0, 0.1) is 12.8 Å². The van der Waals surface area contributed by atoms with Crippen LogP contribution in [0.2, 0.25) is 5.15 Å². The first-order valence-electron chi connectivity index (χ1n) is 5.97. The molecule has 0 saturated carbocycles. The van der Waals surface area contributed by atoms with Crippen LogP contribution in [-0.4, -0.2) is 9.55 Å². The van der Waals surface area contributed by atoms with Crippen LogP contribution < -0.4 is 0 Å². The maximum atomic E-state index is 6.19. The van der Waals surface area contributed by atoms with Crippen LogP contribution in [0.25, 0.3) is 11.6 Å². The third kappa shape index (κ3) is 1.78. The highest BCUT2D eigenvalue weighted by Crippen LogP contribution is 2.32. The molecule has 0 N–H and O–H groups in total. The smallest absolute Gasteiger partial charge is 0.177 e. The minimum Gasteiger partial charge on any atom is -0.458 e. The molecule has 0 saturated heterocycles. The molecule has 3 heterocycles. The quantitative estimate of drug-likeness (QED) is 0.773. The van der Waals surface area contributed by atoms with E-state index in [0.717, 1.165) is 36.0 Å². The predicted octanol–water partition coefficient (Wildman–Crippen LogP) is 3.69. The first-order valence-corrected chi connectivity index (χ1v) is 6.34. The summed E-state index contributed by atoms with van der Waals surface area (Å²) >= 11 is 6.19. The number of fused-ring (bicyclic) bond motifs is 1. The normalized spacial score (nSPS) is 19.4. The van der Waals surface area contributed by atoms with Crippen molar-refractivity contribution in [2.24, 2.45) is 5.92 Å². The Kier molecular flexibility index (Phi) is 2.51. The van der Waals surface area contributed by atoms with Gasteiger partial charge in [-0.05, 0) is 37.8 Å². The van der Waals surface area contributed by atoms with Gasteiger partial charge in [0, 0.05) is 6.54 Å². The zero-order chi connectivity index (χ0) is 12.0. The molecule has 1 aliphatic rings. The van der Waals surface area contributed by atoms with Crippen molar-refractivity contribution in [1.82, 2.24) is 9.55 Å². The molecule has 0 fully saturated rings. The molecule has 90 valence electrons. The standard InChI is InChI=1S/C13H15ClN2O/c1-8-3-5-10-12(14)15-13(16(10)7-8)11-6-4-9(2)17-11/h4,6,8H,3,5,7H2,1-2H3. The minimum absolute atomic E-state index is 0.626. The lowest BCUT2D eigenvalue weighted by atomic mass is 10.0. The third-order valence-corrected chi connectivity index (χ3v) is 3.66. The summed E-state index contributed by atoms with van der Waals surface area (Å²) in [5.74, 6) is 3.24. The van der Waals surface area contributed by atoms with Crippen molar-refractivity contribution in [3.8, 4) is 11.6 Å². The van der Waals surface area contributed by atoms with E-state index in [0.29, 0.717) is 11.1 Å². The number of aromatic nitrogens is 2. The molecule has 1 aliphatic heterocycles. The Labute approximate surface area is 105 Å². The Balaban J connectivity index is 2.12. The second-order valence-corrected chi connectivity index (χ2v) is 5.20. The van der Waals surface area contributed by atoms with Gasteiger partial charge in [0.25, 0.3) is 0 Å². The molecule has 0 radical (unpaired) electrons. The molecule has 1 unspecified atom stereocenters. The number of nitrogens with zero attached hydrogens (tertiary/aromatic N) is 2. The van der Waals surface area contributed by atoms with E-state index >= 15 is 0 Å². The lowest BCUT2D eigenvalue weighted by Gasteiger charge is -2.21. The average Bonchev–Trinajstić information content (AvgIpc) is 2.83. The van der Waals surface area contributed by atoms with Gasteiger partial charge >= 0.3 is 0 Å². The molecule has 2 aromatic rings. The van der Waals surface area contributed by atoms with Crippen LogP contribution >= 0.6 is 11.6 Å². The lowest BCUT2D eigenvalue weighted by Crippen LogP contribution is -2.18. The number of halogens is 1. The number of aryl methyl sites for hydroxylation is 1. The summed E-state index contributed by atoms with van der Waals surface area (Å²) in [7, 11) is 0. The van der Waals surface area contributed by atoms with Gasteiger partial charge in [0.05, 0.1) is 5.69 Å². The molecule has 0 aromatic carbocycles. The zero-order valence-electron chi connectivity index (χ0n) is 10.0. The van der Waals surface area contributed by atoms with Gasteiger partial charge in [-0.15, -0.1) is 0 Å². The van der Waals surface area contributed by atoms with Gasteiger partial charge in [0.2, 0.25) is 0 Å². The molecule has 0 amide bonds. The maximum absolute atomic E-state index is 6.19. The summed E-state index contributed by atoms with van der Waals surface area (Å²) in [5, 5.41) is 0.626. The SMILES string of the molecule is Cc1ccc(-c2nc(Cl)c3n2CC(C)CC3)o1. The van der Waals surface area contributed by atoms with E-state index in [1.807, 2.05) is 19.1 Å². The van der Waals surface area contributed by atoms with Gasteiger partial charge in [-0.3, -0.25) is 0 Å². The van der Waals surface area contributed by atoms with Crippen LogP contribution in [0.4, 0.5) is 0 Å². The summed E-state index contributed by atoms with van der Waals surface area (Å²) in [6.45, 7) is 5.17. The maximum Gasteiger partial charge on any atom is 0.177 e. The second kappa shape index (κ2) is 3.91. The van der Waals surface area contributed by atoms with Crippen LogP contribution in [0.15, 0.2) is 16.5 Å². The Hall–Kier alpha value is -1.22. The zero-order valence-corrected chi connectivity index (χ0v) is 10.8. The Bertz CT molecular complexity index is 556. The first kappa shape index (κ1) is 10.9. The van der Waals surface area contributed by atoms with Crippen molar-refractivity contribution in [2.45, 2.75) is 33.2 Å². The lowest BCUT2D eigenvalue weighted by molar-refractivity contribution is 0.399. The molecule has 2 aromatic heterocycles. The monoisotopic (exact) mass is 250 g/mol. The Morgan fingerprint density at radius 2 is 2.29 bits per heavy atom. The van der Waals surface area contributed by atoms with E-state index in [1.165, 1.54) is 6.42 Å². The van der Waals surface area contributed by atoms with Crippen molar-refractivity contribution >= 4 is 11.6 Å². The average molecular weight is 251 g/mol. The highest BCUT2D eigenvalue weighted by Gasteiger charge is 2.24. The summed E-state index contributed by atoms with van der Waals surface area (Å²) in [4.78, 5) is 4.44. The van der Waals surface area contributed by atoms with Crippen LogP contribution in [0.1, 0.15) is 24.8 Å². The predicted molar refractivity (Wildman–Crippen MR) is 67.2 cm³/mol. The van der Waals surface area contributed by atoms with Crippen molar-refractivity contribution in [3.63, 3.8) is 0 Å². The fraction of sp³-hybridized carbons (Fsp3) is 0.462. The van der Waals surface area contributed by atoms with Crippen molar-refractivity contribution < 1.29 is 4.42 Å². The van der Waals surface area contributed by atoms with Gasteiger partial charge in [0.1, 0.15) is 5.76 Å². The molecule has 1 atom stereocenters. The molecule has 4 heteroatoms. The summed E-state index contributed by atoms with van der Waals surface area (Å²) < 4.78 is 7.85. The Morgan fingerprint density at radius 3 is 3.00 bits per heavy atom. The van der Waals surface area contributed by atoms with Gasteiger partial charge in [-0.25, -0.2) is 4.98 Å². The van der Waals surface area contributed by atoms with Crippen molar-refractivity contribution in [3.05, 3.63) is 28.7 Å². The molecule has 17 heavy (non-hydrogen) atoms. The second-order valence-electron chi connectivity index (χ2n) is 4.84. The van der Waals surface area contributed by atoms with E-state index in [9.17, 15) is 0 Å². The highest BCUT2D eigenvalue weighted by molar-refractivity contribution is 6.30. The summed E-state index contributed by atoms with van der Waals surface area (Å²) in [5.41, 5.74) is 1.15. The van der Waals surface area contributed by atoms with E-state index in [2.05, 4.69) is 16.5 Å². The van der Waals surface area contributed by atoms with Gasteiger partial charge in [0.15, 0.2) is 16.7 Å². The number of hydrogen-bond donors (Lipinski definition) is 0. The van der Waals surface area contributed by atoms with Crippen molar-refractivity contribution in [2.75, 3.05) is 0 Å². The highest BCUT2D eigenvalue weighted by atomic mass is 35.5. The molecule has 3 rings (SSSR count). The Morgan fingerprint density at radius 1 is 1.47 bits per heavy atom. The van der Waals surface area contributed by atoms with E-state index < -0.39 is 0 Å². The van der Waals surface area contributed by atoms with Crippen LogP contribution in [-0.2, 0) is 13.0 Å². The number of imidazole rings is 1. The van der Waals surface area contributed by atoms with E-state index in [-0.39, 0.29) is 0 Å². The molecule has 0 aliphatic carbocycles. The van der Waals surface area contributed by atoms with Crippen LogP contribution in [0.3, 0.4) is 0 Å². The minimum atomic E-state index is 0.626. The summed E-state index contributed by atoms with van der Waals surface area (Å²) in [6, 6.07) is 3.91. The summed E-state index contributed by atoms with van der Waals surface area (Å²) in [6.07, 6.45) is 2.19. The third-order valence-electron chi connectivity index (χ3n) is 3.35. The molecular formula is C13H15ClN2O. The topological polar surface area (TPSA) is 31.0 Å². The van der Waals surface area contributed by atoms with Gasteiger partial charge in [-0.1, -0.05) is 18.5 Å². The molecular weight excluding hydrogens is 236 g/mol. The number of furan rings is 1. The van der Waals surface area contributed by atoms with Crippen molar-refractivity contribution in [1.29, 1.82) is 0 Å². The fourth-order valence-corrected chi connectivity index (χ4v) is 2.70. The molecule has 0 spiro atoms. The number of hydrogen-bond acceptors (Lipinski definition) is 2. The molecule has 3 nitrogen and oxygen atoms in total.